The van der Waals surface area contributed by atoms with E-state index in [0.29, 0.717) is 0 Å². The van der Waals surface area contributed by atoms with Gasteiger partial charge in [-0.2, -0.15) is 0 Å². The maximum atomic E-state index is 2.27. The molecule has 0 aromatic carbocycles. The lowest BCUT2D eigenvalue weighted by Gasteiger charge is -2.02. The predicted octanol–water partition coefficient (Wildman–Crippen LogP) is 3.84. The van der Waals surface area contributed by atoms with Gasteiger partial charge in [-0.05, 0) is 26.2 Å². The molecular weight excluding hydrogens is 132 g/mol. The van der Waals surface area contributed by atoms with Gasteiger partial charge in [0.1, 0.15) is 0 Å². The van der Waals surface area contributed by atoms with Crippen LogP contribution in [0.2, 0.25) is 0 Å². The van der Waals surface area contributed by atoms with Gasteiger partial charge in [-0.1, -0.05) is 43.1 Å². The molecule has 0 heteroatoms. The van der Waals surface area contributed by atoms with Gasteiger partial charge in [0.2, 0.25) is 0 Å². The molecule has 0 saturated heterocycles. The van der Waals surface area contributed by atoms with Crippen LogP contribution in [0.15, 0.2) is 23.3 Å². The minimum absolute atomic E-state index is 1.22. The quantitative estimate of drug-likeness (QED) is 0.534. The van der Waals surface area contributed by atoms with Crippen molar-refractivity contribution in [3.05, 3.63) is 23.3 Å². The van der Waals surface area contributed by atoms with Crippen molar-refractivity contribution in [1.82, 2.24) is 0 Å². The van der Waals surface area contributed by atoms with Crippen molar-refractivity contribution in [3.63, 3.8) is 0 Å². The van der Waals surface area contributed by atoms with Gasteiger partial charge in [0.25, 0.3) is 0 Å². The Bertz CT molecular complexity index is 172. The summed E-state index contributed by atoms with van der Waals surface area (Å²) in [5.74, 6) is 0. The summed E-state index contributed by atoms with van der Waals surface area (Å²) >= 11 is 0. The molecule has 0 heterocycles. The van der Waals surface area contributed by atoms with Crippen molar-refractivity contribution in [2.24, 2.45) is 0 Å². The molecule has 1 aliphatic carbocycles. The minimum atomic E-state index is 1.22. The van der Waals surface area contributed by atoms with Crippen molar-refractivity contribution in [2.75, 3.05) is 0 Å². The van der Waals surface area contributed by atoms with Gasteiger partial charge < -0.3 is 0 Å². The molecule has 0 spiro atoms. The summed E-state index contributed by atoms with van der Waals surface area (Å²) in [6.45, 7) is 4.49. The van der Waals surface area contributed by atoms with E-state index in [0.717, 1.165) is 0 Å². The van der Waals surface area contributed by atoms with Gasteiger partial charge in [0.15, 0.2) is 0 Å². The predicted molar refractivity (Wildman–Crippen MR) is 50.6 cm³/mol. The van der Waals surface area contributed by atoms with Crippen LogP contribution in [0.25, 0.3) is 0 Å². The molecule has 0 saturated carbocycles. The minimum Gasteiger partial charge on any atom is -0.0802 e. The Balaban J connectivity index is 2.22. The van der Waals surface area contributed by atoms with Crippen molar-refractivity contribution in [2.45, 2.75) is 46.0 Å². The lowest BCUT2D eigenvalue weighted by atomic mass is 10.0. The largest absolute Gasteiger partial charge is 0.0802 e. The van der Waals surface area contributed by atoms with E-state index >= 15 is 0 Å². The summed E-state index contributed by atoms with van der Waals surface area (Å²) < 4.78 is 0. The number of unbranched alkanes of at least 4 members (excludes halogenated alkanes) is 2. The average Bonchev–Trinajstić information content (AvgIpc) is 2.37. The SMILES string of the molecule is CCCCCC1=C(C)C=CC1. The second-order valence-electron chi connectivity index (χ2n) is 3.35. The van der Waals surface area contributed by atoms with Crippen LogP contribution in [0.1, 0.15) is 46.0 Å². The van der Waals surface area contributed by atoms with E-state index in [2.05, 4.69) is 26.0 Å². The highest BCUT2D eigenvalue weighted by atomic mass is 14.1. The Hall–Kier alpha value is -0.520. The zero-order chi connectivity index (χ0) is 8.10. The normalized spacial score (nSPS) is 16.5. The summed E-state index contributed by atoms with van der Waals surface area (Å²) in [5, 5.41) is 0. The average molecular weight is 150 g/mol. The Labute approximate surface area is 70.0 Å². The summed E-state index contributed by atoms with van der Waals surface area (Å²) in [5.41, 5.74) is 3.18. The van der Waals surface area contributed by atoms with Gasteiger partial charge in [-0.3, -0.25) is 0 Å². The fourth-order valence-corrected chi connectivity index (χ4v) is 1.54. The van der Waals surface area contributed by atoms with Gasteiger partial charge in [0, 0.05) is 0 Å². The smallest absolute Gasteiger partial charge is 0.0130 e. The number of hydrogen-bond acceptors (Lipinski definition) is 0. The highest BCUT2D eigenvalue weighted by molar-refractivity contribution is 5.31. The second-order valence-corrected chi connectivity index (χ2v) is 3.35. The van der Waals surface area contributed by atoms with Crippen LogP contribution in [0.3, 0.4) is 0 Å². The molecule has 0 radical (unpaired) electrons. The van der Waals surface area contributed by atoms with E-state index in [4.69, 9.17) is 0 Å². The van der Waals surface area contributed by atoms with Gasteiger partial charge >= 0.3 is 0 Å². The third-order valence-electron chi connectivity index (χ3n) is 2.37. The maximum Gasteiger partial charge on any atom is -0.0130 e. The Morgan fingerprint density at radius 3 is 2.73 bits per heavy atom. The van der Waals surface area contributed by atoms with Gasteiger partial charge in [-0.25, -0.2) is 0 Å². The van der Waals surface area contributed by atoms with Crippen LogP contribution in [-0.2, 0) is 0 Å². The number of hydrogen-bond donors (Lipinski definition) is 0. The van der Waals surface area contributed by atoms with Crippen LogP contribution in [0.4, 0.5) is 0 Å². The molecule has 0 amide bonds. The lowest BCUT2D eigenvalue weighted by Crippen LogP contribution is -1.82. The van der Waals surface area contributed by atoms with Crippen LogP contribution >= 0.6 is 0 Å². The standard InChI is InChI=1S/C11H18/c1-3-4-5-8-11-9-6-7-10(11)2/h6-7H,3-5,8-9H2,1-2H3. The molecule has 0 bridgehead atoms. The van der Waals surface area contributed by atoms with Crippen LogP contribution in [-0.4, -0.2) is 0 Å². The topological polar surface area (TPSA) is 0 Å². The molecule has 11 heavy (non-hydrogen) atoms. The molecule has 0 aromatic rings. The molecular formula is C11H18. The highest BCUT2D eigenvalue weighted by Gasteiger charge is 2.03. The fourth-order valence-electron chi connectivity index (χ4n) is 1.54. The zero-order valence-electron chi connectivity index (χ0n) is 7.69. The third-order valence-corrected chi connectivity index (χ3v) is 2.37. The Morgan fingerprint density at radius 2 is 2.18 bits per heavy atom. The first kappa shape index (κ1) is 8.58. The van der Waals surface area contributed by atoms with E-state index in [9.17, 15) is 0 Å². The number of allylic oxidation sites excluding steroid dienone is 4. The maximum absolute atomic E-state index is 2.27. The molecule has 0 atom stereocenters. The molecule has 0 nitrogen and oxygen atoms in total. The van der Waals surface area contributed by atoms with Crippen LogP contribution in [0, 0.1) is 0 Å². The lowest BCUT2D eigenvalue weighted by molar-refractivity contribution is 0.706. The second kappa shape index (κ2) is 4.38. The zero-order valence-corrected chi connectivity index (χ0v) is 7.69. The van der Waals surface area contributed by atoms with Crippen LogP contribution < -0.4 is 0 Å². The summed E-state index contributed by atoms with van der Waals surface area (Å²) in [4.78, 5) is 0. The highest BCUT2D eigenvalue weighted by Crippen LogP contribution is 2.23. The van der Waals surface area contributed by atoms with E-state index in [1.165, 1.54) is 37.7 Å². The molecule has 0 unspecified atom stereocenters. The van der Waals surface area contributed by atoms with E-state index in [1.54, 1.807) is 5.57 Å². The Morgan fingerprint density at radius 1 is 1.36 bits per heavy atom. The molecule has 0 N–H and O–H groups in total. The summed E-state index contributed by atoms with van der Waals surface area (Å²) in [7, 11) is 0. The first-order valence-corrected chi connectivity index (χ1v) is 4.69. The van der Waals surface area contributed by atoms with E-state index in [-0.39, 0.29) is 0 Å². The van der Waals surface area contributed by atoms with Crippen molar-refractivity contribution >= 4 is 0 Å². The third kappa shape index (κ3) is 2.53. The molecule has 0 fully saturated rings. The molecule has 62 valence electrons. The van der Waals surface area contributed by atoms with Crippen LogP contribution in [0.5, 0.6) is 0 Å². The first-order valence-electron chi connectivity index (χ1n) is 4.69. The Kier molecular flexibility index (Phi) is 3.41. The fraction of sp³-hybridized carbons (Fsp3) is 0.636. The van der Waals surface area contributed by atoms with Crippen molar-refractivity contribution in [3.8, 4) is 0 Å². The number of rotatable bonds is 4. The monoisotopic (exact) mass is 150 g/mol. The van der Waals surface area contributed by atoms with Crippen molar-refractivity contribution < 1.29 is 0 Å². The summed E-state index contributed by atoms with van der Waals surface area (Å²) in [6, 6.07) is 0. The molecule has 0 aromatic heterocycles. The van der Waals surface area contributed by atoms with Crippen molar-refractivity contribution in [1.29, 1.82) is 0 Å². The van der Waals surface area contributed by atoms with Gasteiger partial charge in [-0.15, -0.1) is 0 Å². The molecule has 1 aliphatic rings. The van der Waals surface area contributed by atoms with E-state index in [1.807, 2.05) is 0 Å². The summed E-state index contributed by atoms with van der Waals surface area (Å²) in [6.07, 6.45) is 11.2. The van der Waals surface area contributed by atoms with E-state index < -0.39 is 0 Å². The molecule has 0 aliphatic heterocycles. The first-order chi connectivity index (χ1) is 5.34. The van der Waals surface area contributed by atoms with Gasteiger partial charge in [0.05, 0.1) is 0 Å². The molecule has 1 rings (SSSR count).